The van der Waals surface area contributed by atoms with E-state index in [0.717, 1.165) is 5.69 Å². The highest BCUT2D eigenvalue weighted by atomic mass is 19.1. The maximum absolute atomic E-state index is 12.8. The molecule has 0 radical (unpaired) electrons. The SMILES string of the molecule is COC(=O)C1CN1c1cccc(F)c1. The molecule has 0 amide bonds. The Kier molecular flexibility index (Phi) is 2.11. The predicted molar refractivity (Wildman–Crippen MR) is 49.6 cm³/mol. The van der Waals surface area contributed by atoms with Crippen molar-refractivity contribution in [3.8, 4) is 0 Å². The van der Waals surface area contributed by atoms with Crippen molar-refractivity contribution in [2.45, 2.75) is 6.04 Å². The lowest BCUT2D eigenvalue weighted by Crippen LogP contribution is -2.13. The van der Waals surface area contributed by atoms with Gasteiger partial charge >= 0.3 is 5.97 Å². The van der Waals surface area contributed by atoms with Crippen molar-refractivity contribution in [2.75, 3.05) is 18.6 Å². The van der Waals surface area contributed by atoms with E-state index >= 15 is 0 Å². The molecule has 1 aromatic rings. The van der Waals surface area contributed by atoms with Crippen LogP contribution in [0.5, 0.6) is 0 Å². The van der Waals surface area contributed by atoms with Gasteiger partial charge in [0, 0.05) is 5.69 Å². The van der Waals surface area contributed by atoms with Gasteiger partial charge in [-0.1, -0.05) is 6.07 Å². The molecular formula is C10H10FNO2. The summed E-state index contributed by atoms with van der Waals surface area (Å²) in [6.07, 6.45) is 0. The number of nitrogens with zero attached hydrogens (tertiary/aromatic N) is 1. The quantitative estimate of drug-likeness (QED) is 0.524. The van der Waals surface area contributed by atoms with Crippen LogP contribution in [-0.2, 0) is 9.53 Å². The van der Waals surface area contributed by atoms with Crippen LogP contribution in [0.4, 0.5) is 10.1 Å². The van der Waals surface area contributed by atoms with Gasteiger partial charge in [0.2, 0.25) is 0 Å². The molecule has 1 saturated heterocycles. The summed E-state index contributed by atoms with van der Waals surface area (Å²) < 4.78 is 17.4. The van der Waals surface area contributed by atoms with E-state index in [4.69, 9.17) is 0 Å². The molecule has 2 rings (SSSR count). The van der Waals surface area contributed by atoms with E-state index < -0.39 is 0 Å². The van der Waals surface area contributed by atoms with Gasteiger partial charge in [-0.25, -0.2) is 9.18 Å². The molecule has 1 unspecified atom stereocenters. The lowest BCUT2D eigenvalue weighted by Gasteiger charge is -2.03. The molecule has 1 aromatic carbocycles. The Morgan fingerprint density at radius 3 is 3.07 bits per heavy atom. The largest absolute Gasteiger partial charge is 0.467 e. The standard InChI is InChI=1S/C10H10FNO2/c1-14-10(13)9-6-12(9)8-4-2-3-7(11)5-8/h2-5,9H,6H2,1H3. The molecule has 1 fully saturated rings. The molecular weight excluding hydrogens is 185 g/mol. The van der Waals surface area contributed by atoms with Crippen molar-refractivity contribution < 1.29 is 13.9 Å². The van der Waals surface area contributed by atoms with E-state index in [0.29, 0.717) is 6.54 Å². The zero-order valence-electron chi connectivity index (χ0n) is 7.74. The van der Waals surface area contributed by atoms with Crippen molar-refractivity contribution in [3.05, 3.63) is 30.1 Å². The number of ether oxygens (including phenoxy) is 1. The molecule has 1 aliphatic heterocycles. The maximum atomic E-state index is 12.8. The molecule has 1 atom stereocenters. The smallest absolute Gasteiger partial charge is 0.330 e. The summed E-state index contributed by atoms with van der Waals surface area (Å²) in [5, 5.41) is 0. The number of esters is 1. The summed E-state index contributed by atoms with van der Waals surface area (Å²) in [6, 6.07) is 5.94. The maximum Gasteiger partial charge on any atom is 0.330 e. The molecule has 0 aromatic heterocycles. The molecule has 0 saturated carbocycles. The summed E-state index contributed by atoms with van der Waals surface area (Å²) >= 11 is 0. The van der Waals surface area contributed by atoms with Crippen molar-refractivity contribution >= 4 is 11.7 Å². The summed E-state index contributed by atoms with van der Waals surface area (Å²) in [7, 11) is 1.35. The van der Waals surface area contributed by atoms with Crippen LogP contribution in [0, 0.1) is 5.82 Å². The first-order chi connectivity index (χ1) is 6.72. The van der Waals surface area contributed by atoms with Crippen LogP contribution in [0.25, 0.3) is 0 Å². The average molecular weight is 195 g/mol. The van der Waals surface area contributed by atoms with E-state index in [1.165, 1.54) is 19.2 Å². The van der Waals surface area contributed by atoms with Crippen molar-refractivity contribution in [1.29, 1.82) is 0 Å². The molecule has 0 spiro atoms. The van der Waals surface area contributed by atoms with Gasteiger partial charge in [0.25, 0.3) is 0 Å². The topological polar surface area (TPSA) is 29.3 Å². The van der Waals surface area contributed by atoms with E-state index in [1.807, 2.05) is 0 Å². The second-order valence-electron chi connectivity index (χ2n) is 3.17. The Balaban J connectivity index is 2.09. The number of benzene rings is 1. The van der Waals surface area contributed by atoms with Gasteiger partial charge in [-0.3, -0.25) is 0 Å². The number of halogens is 1. The minimum atomic E-state index is -0.294. The van der Waals surface area contributed by atoms with Crippen molar-refractivity contribution in [1.82, 2.24) is 0 Å². The minimum absolute atomic E-state index is 0.234. The fourth-order valence-corrected chi connectivity index (χ4v) is 1.42. The van der Waals surface area contributed by atoms with E-state index in [-0.39, 0.29) is 17.8 Å². The number of carbonyl (C=O) groups is 1. The second kappa shape index (κ2) is 3.29. The number of rotatable bonds is 2. The molecule has 0 aliphatic carbocycles. The first-order valence-electron chi connectivity index (χ1n) is 4.32. The van der Waals surface area contributed by atoms with Gasteiger partial charge in [0.15, 0.2) is 0 Å². The predicted octanol–water partition coefficient (Wildman–Crippen LogP) is 1.19. The van der Waals surface area contributed by atoms with Gasteiger partial charge in [0.1, 0.15) is 11.9 Å². The van der Waals surface area contributed by atoms with Crippen molar-refractivity contribution in [3.63, 3.8) is 0 Å². The molecule has 0 N–H and O–H groups in total. The fraction of sp³-hybridized carbons (Fsp3) is 0.300. The fourth-order valence-electron chi connectivity index (χ4n) is 1.42. The van der Waals surface area contributed by atoms with Gasteiger partial charge < -0.3 is 9.64 Å². The summed E-state index contributed by atoms with van der Waals surface area (Å²) in [5.41, 5.74) is 0.723. The summed E-state index contributed by atoms with van der Waals surface area (Å²) in [4.78, 5) is 12.9. The molecule has 4 heteroatoms. The van der Waals surface area contributed by atoms with E-state index in [9.17, 15) is 9.18 Å². The van der Waals surface area contributed by atoms with E-state index in [2.05, 4.69) is 4.74 Å². The van der Waals surface area contributed by atoms with Crippen LogP contribution in [0.3, 0.4) is 0 Å². The Labute approximate surface area is 81.1 Å². The number of hydrogen-bond acceptors (Lipinski definition) is 3. The Hall–Kier alpha value is -1.58. The highest BCUT2D eigenvalue weighted by molar-refractivity contribution is 5.86. The molecule has 0 bridgehead atoms. The third kappa shape index (κ3) is 1.55. The van der Waals surface area contributed by atoms with E-state index in [1.54, 1.807) is 17.0 Å². The van der Waals surface area contributed by atoms with Crippen LogP contribution >= 0.6 is 0 Å². The minimum Gasteiger partial charge on any atom is -0.467 e. The zero-order chi connectivity index (χ0) is 10.1. The highest BCUT2D eigenvalue weighted by Gasteiger charge is 2.41. The third-order valence-electron chi connectivity index (χ3n) is 2.23. The van der Waals surface area contributed by atoms with Gasteiger partial charge in [-0.05, 0) is 18.2 Å². The first-order valence-corrected chi connectivity index (χ1v) is 4.32. The molecule has 3 nitrogen and oxygen atoms in total. The van der Waals surface area contributed by atoms with Gasteiger partial charge in [-0.15, -0.1) is 0 Å². The third-order valence-corrected chi connectivity index (χ3v) is 2.23. The first kappa shape index (κ1) is 8.99. The van der Waals surface area contributed by atoms with Gasteiger partial charge in [0.05, 0.1) is 13.7 Å². The second-order valence-corrected chi connectivity index (χ2v) is 3.17. The number of hydrogen-bond donors (Lipinski definition) is 0. The van der Waals surface area contributed by atoms with Crippen molar-refractivity contribution in [2.24, 2.45) is 0 Å². The highest BCUT2D eigenvalue weighted by Crippen LogP contribution is 2.28. The van der Waals surface area contributed by atoms with Crippen LogP contribution in [-0.4, -0.2) is 25.7 Å². The number of anilines is 1. The average Bonchev–Trinajstić information content (AvgIpc) is 2.96. The van der Waals surface area contributed by atoms with Crippen LogP contribution < -0.4 is 4.90 Å². The van der Waals surface area contributed by atoms with Crippen LogP contribution in [0.1, 0.15) is 0 Å². The summed E-state index contributed by atoms with van der Waals surface area (Å²) in [6.45, 7) is 0.607. The summed E-state index contributed by atoms with van der Waals surface area (Å²) in [5.74, 6) is -0.563. The normalized spacial score (nSPS) is 19.3. The van der Waals surface area contributed by atoms with Gasteiger partial charge in [-0.2, -0.15) is 0 Å². The number of carbonyl (C=O) groups excluding carboxylic acids is 1. The number of methoxy groups -OCH3 is 1. The lowest BCUT2D eigenvalue weighted by molar-refractivity contribution is -0.139. The monoisotopic (exact) mass is 195 g/mol. The Bertz CT molecular complexity index is 367. The zero-order valence-corrected chi connectivity index (χ0v) is 7.74. The molecule has 74 valence electrons. The molecule has 1 heterocycles. The molecule has 1 aliphatic rings. The molecule has 14 heavy (non-hydrogen) atoms. The Morgan fingerprint density at radius 2 is 2.43 bits per heavy atom. The lowest BCUT2D eigenvalue weighted by atomic mass is 10.3. The van der Waals surface area contributed by atoms with Crippen LogP contribution in [0.15, 0.2) is 24.3 Å². The Morgan fingerprint density at radius 1 is 1.64 bits per heavy atom. The van der Waals surface area contributed by atoms with Crippen LogP contribution in [0.2, 0.25) is 0 Å².